The van der Waals surface area contributed by atoms with Gasteiger partial charge in [0.05, 0.1) is 5.69 Å². The first-order valence-electron chi connectivity index (χ1n) is 8.43. The van der Waals surface area contributed by atoms with E-state index in [1.54, 1.807) is 42.5 Å². The van der Waals surface area contributed by atoms with Crippen LogP contribution in [0, 0.1) is 0 Å². The zero-order chi connectivity index (χ0) is 21.1. The molecule has 1 atom stereocenters. The minimum atomic E-state index is -1.08. The summed E-state index contributed by atoms with van der Waals surface area (Å²) in [7, 11) is 0. The van der Waals surface area contributed by atoms with E-state index in [0.29, 0.717) is 17.0 Å². The second-order valence-electron chi connectivity index (χ2n) is 6.11. The minimum absolute atomic E-state index is 0.00153. The predicted octanol–water partition coefficient (Wildman–Crippen LogP) is 3.13. The molecule has 0 bridgehead atoms. The highest BCUT2D eigenvalue weighted by atomic mass is 79.9. The van der Waals surface area contributed by atoms with E-state index in [1.807, 2.05) is 6.07 Å². The lowest BCUT2D eigenvalue weighted by Crippen LogP contribution is -2.54. The summed E-state index contributed by atoms with van der Waals surface area (Å²) in [5.74, 6) is -1.86. The molecule has 3 rings (SSSR count). The Balaban J connectivity index is 1.87. The Morgan fingerprint density at radius 1 is 1.24 bits per heavy atom. The number of carbonyl (C=O) groups is 3. The van der Waals surface area contributed by atoms with E-state index in [-0.39, 0.29) is 10.7 Å². The van der Waals surface area contributed by atoms with Gasteiger partial charge < -0.3 is 9.84 Å². The number of hydrogen-bond donors (Lipinski definition) is 2. The maximum absolute atomic E-state index is 13.0. The molecule has 29 heavy (non-hydrogen) atoms. The molecule has 1 unspecified atom stereocenters. The number of ether oxygens (including phenoxy) is 1. The normalized spacial score (nSPS) is 16.6. The summed E-state index contributed by atoms with van der Waals surface area (Å²) in [6, 6.07) is 13.4. The molecule has 2 aromatic carbocycles. The van der Waals surface area contributed by atoms with E-state index in [1.165, 1.54) is 17.9 Å². The first-order chi connectivity index (χ1) is 13.8. The van der Waals surface area contributed by atoms with Gasteiger partial charge in [-0.1, -0.05) is 34.1 Å². The third kappa shape index (κ3) is 4.69. The molecule has 2 aromatic rings. The van der Waals surface area contributed by atoms with Crippen molar-refractivity contribution < 1.29 is 24.2 Å². The second kappa shape index (κ2) is 8.54. The Morgan fingerprint density at radius 2 is 1.93 bits per heavy atom. The Labute approximate surface area is 180 Å². The molecule has 1 aliphatic heterocycles. The molecule has 1 aliphatic rings. The summed E-state index contributed by atoms with van der Waals surface area (Å²) < 4.78 is 6.03. The molecule has 9 heteroatoms. The highest BCUT2D eigenvalue weighted by Gasteiger charge is 2.34. The number of rotatable bonds is 5. The molecule has 2 N–H and O–H groups in total. The van der Waals surface area contributed by atoms with Crippen LogP contribution in [0.1, 0.15) is 12.5 Å². The number of nitrogens with one attached hydrogen (secondary N) is 1. The second-order valence-corrected chi connectivity index (χ2v) is 7.41. The fourth-order valence-corrected chi connectivity index (χ4v) is 3.24. The summed E-state index contributed by atoms with van der Waals surface area (Å²) in [6.45, 7) is 1.42. The molecule has 0 radical (unpaired) electrons. The summed E-state index contributed by atoms with van der Waals surface area (Å²) in [5, 5.41) is 11.4. The van der Waals surface area contributed by atoms with E-state index >= 15 is 0 Å². The Morgan fingerprint density at radius 3 is 2.55 bits per heavy atom. The number of halogens is 1. The van der Waals surface area contributed by atoms with Gasteiger partial charge in [-0.3, -0.25) is 19.8 Å². The largest absolute Gasteiger partial charge is 0.479 e. The van der Waals surface area contributed by atoms with Crippen molar-refractivity contribution in [1.82, 2.24) is 5.32 Å². The standard InChI is InChI=1S/C20H15BrN2O5S/c1-11(19(26)27)28-15-7-5-12(6-8-15)9-16-17(24)22-20(29)23(18(16)25)14-4-2-3-13(21)10-14/h2-11H,1H3,(H,26,27)(H,22,24,29)/b16-9+. The summed E-state index contributed by atoms with van der Waals surface area (Å²) in [5.41, 5.74) is 1.01. The lowest BCUT2D eigenvalue weighted by Gasteiger charge is -2.29. The zero-order valence-corrected chi connectivity index (χ0v) is 17.5. The first kappa shape index (κ1) is 20.7. The van der Waals surface area contributed by atoms with Crippen LogP contribution in [0.3, 0.4) is 0 Å². The Bertz CT molecular complexity index is 1040. The van der Waals surface area contributed by atoms with Gasteiger partial charge in [0.2, 0.25) is 0 Å². The number of carboxylic acids is 1. The molecule has 0 aliphatic carbocycles. The molecular formula is C20H15BrN2O5S. The van der Waals surface area contributed by atoms with Crippen molar-refractivity contribution in [3.05, 3.63) is 64.1 Å². The number of thiocarbonyl (C=S) groups is 1. The maximum Gasteiger partial charge on any atom is 0.344 e. The smallest absolute Gasteiger partial charge is 0.344 e. The Kier molecular flexibility index (Phi) is 6.09. The van der Waals surface area contributed by atoms with Gasteiger partial charge in [-0.15, -0.1) is 0 Å². The number of amides is 2. The van der Waals surface area contributed by atoms with Crippen molar-refractivity contribution in [2.24, 2.45) is 0 Å². The topological polar surface area (TPSA) is 95.9 Å². The average Bonchev–Trinajstić information content (AvgIpc) is 2.66. The number of anilines is 1. The van der Waals surface area contributed by atoms with Crippen molar-refractivity contribution in [2.45, 2.75) is 13.0 Å². The van der Waals surface area contributed by atoms with Crippen LogP contribution >= 0.6 is 28.1 Å². The van der Waals surface area contributed by atoms with Gasteiger partial charge in [-0.2, -0.15) is 0 Å². The summed E-state index contributed by atoms with van der Waals surface area (Å²) >= 11 is 8.52. The number of nitrogens with zero attached hydrogens (tertiary/aromatic N) is 1. The molecule has 0 aromatic heterocycles. The summed E-state index contributed by atoms with van der Waals surface area (Å²) in [6.07, 6.45) is 0.444. The molecule has 0 saturated carbocycles. The number of benzene rings is 2. The average molecular weight is 475 g/mol. The van der Waals surface area contributed by atoms with Gasteiger partial charge >= 0.3 is 5.97 Å². The van der Waals surface area contributed by atoms with Crippen LogP contribution in [-0.4, -0.2) is 34.1 Å². The van der Waals surface area contributed by atoms with E-state index in [0.717, 1.165) is 4.47 Å². The highest BCUT2D eigenvalue weighted by molar-refractivity contribution is 9.10. The Hall–Kier alpha value is -3.04. The van der Waals surface area contributed by atoms with Crippen LogP contribution in [0.5, 0.6) is 5.75 Å². The van der Waals surface area contributed by atoms with Gasteiger partial charge in [0.15, 0.2) is 11.2 Å². The molecule has 1 heterocycles. The molecule has 7 nitrogen and oxygen atoms in total. The third-order valence-corrected chi connectivity index (χ3v) is 4.80. The van der Waals surface area contributed by atoms with Crippen molar-refractivity contribution in [2.75, 3.05) is 4.90 Å². The van der Waals surface area contributed by atoms with E-state index in [2.05, 4.69) is 21.2 Å². The van der Waals surface area contributed by atoms with Crippen molar-refractivity contribution >= 4 is 62.8 Å². The van der Waals surface area contributed by atoms with E-state index < -0.39 is 23.9 Å². The zero-order valence-electron chi connectivity index (χ0n) is 15.1. The van der Waals surface area contributed by atoms with Crippen LogP contribution < -0.4 is 15.0 Å². The van der Waals surface area contributed by atoms with Crippen LogP contribution in [-0.2, 0) is 14.4 Å². The minimum Gasteiger partial charge on any atom is -0.479 e. The fraction of sp³-hybridized carbons (Fsp3) is 0.100. The van der Waals surface area contributed by atoms with Crippen LogP contribution in [0.15, 0.2) is 58.6 Å². The number of carboxylic acid groups (broad SMARTS) is 1. The third-order valence-electron chi connectivity index (χ3n) is 4.02. The van der Waals surface area contributed by atoms with Gasteiger partial charge in [0.25, 0.3) is 11.8 Å². The highest BCUT2D eigenvalue weighted by Crippen LogP contribution is 2.25. The predicted molar refractivity (Wildman–Crippen MR) is 115 cm³/mol. The molecule has 148 valence electrons. The van der Waals surface area contributed by atoms with Gasteiger partial charge in [-0.25, -0.2) is 4.79 Å². The lowest BCUT2D eigenvalue weighted by molar-refractivity contribution is -0.144. The SMILES string of the molecule is CC(Oc1ccc(/C=C2\C(=O)NC(=S)N(c3cccc(Br)c3)C2=O)cc1)C(=O)O. The monoisotopic (exact) mass is 474 g/mol. The molecule has 2 amide bonds. The maximum atomic E-state index is 13.0. The van der Waals surface area contributed by atoms with E-state index in [9.17, 15) is 14.4 Å². The quantitative estimate of drug-likeness (QED) is 0.392. The van der Waals surface area contributed by atoms with Crippen LogP contribution in [0.25, 0.3) is 6.08 Å². The van der Waals surface area contributed by atoms with Crippen LogP contribution in [0.2, 0.25) is 0 Å². The van der Waals surface area contributed by atoms with Crippen molar-refractivity contribution in [3.8, 4) is 5.75 Å². The van der Waals surface area contributed by atoms with Crippen molar-refractivity contribution in [1.29, 1.82) is 0 Å². The molecule has 1 fully saturated rings. The van der Waals surface area contributed by atoms with E-state index in [4.69, 9.17) is 22.1 Å². The lowest BCUT2D eigenvalue weighted by atomic mass is 10.1. The number of hydrogen-bond acceptors (Lipinski definition) is 5. The van der Waals surface area contributed by atoms with Crippen LogP contribution in [0.4, 0.5) is 5.69 Å². The summed E-state index contributed by atoms with van der Waals surface area (Å²) in [4.78, 5) is 37.4. The molecular weight excluding hydrogens is 460 g/mol. The van der Waals surface area contributed by atoms with Gasteiger partial charge in [0, 0.05) is 4.47 Å². The first-order valence-corrected chi connectivity index (χ1v) is 9.63. The van der Waals surface area contributed by atoms with Gasteiger partial charge in [0.1, 0.15) is 11.3 Å². The number of aliphatic carboxylic acids is 1. The molecule has 1 saturated heterocycles. The van der Waals surface area contributed by atoms with Gasteiger partial charge in [-0.05, 0) is 61.1 Å². The fourth-order valence-electron chi connectivity index (χ4n) is 2.57. The number of carbonyl (C=O) groups excluding carboxylic acids is 2. The van der Waals surface area contributed by atoms with Crippen molar-refractivity contribution in [3.63, 3.8) is 0 Å². The molecule has 0 spiro atoms.